The number of H-pyrrole nitrogens is 1. The number of anilines is 2. The highest BCUT2D eigenvalue weighted by atomic mass is 16.2. The first-order chi connectivity index (χ1) is 9.78. The van der Waals surface area contributed by atoms with Crippen molar-refractivity contribution >= 4 is 28.7 Å². The minimum absolute atomic E-state index is 0.0695. The third-order valence-corrected chi connectivity index (χ3v) is 3.30. The number of nitrogen functional groups attached to an aromatic ring is 1. The van der Waals surface area contributed by atoms with Gasteiger partial charge in [0.15, 0.2) is 5.65 Å². The van der Waals surface area contributed by atoms with E-state index in [2.05, 4.69) is 30.9 Å². The second-order valence-corrected chi connectivity index (χ2v) is 4.61. The number of likely N-dealkylation sites (tertiary alicyclic amines) is 1. The fourth-order valence-corrected chi connectivity index (χ4v) is 2.27. The summed E-state index contributed by atoms with van der Waals surface area (Å²) >= 11 is 0. The molecule has 1 saturated heterocycles. The van der Waals surface area contributed by atoms with Crippen LogP contribution in [0.15, 0.2) is 6.20 Å². The van der Waals surface area contributed by atoms with E-state index in [1.54, 1.807) is 6.20 Å². The number of carbonyl (C=O) groups excluding carboxylic acids is 1. The van der Waals surface area contributed by atoms with Gasteiger partial charge in [0, 0.05) is 13.1 Å². The molecule has 3 heterocycles. The SMILES string of the molecule is NNc1nc(NCC(=O)N2CCCC2)c2cn[nH]c2n1. The molecular weight excluding hydrogens is 260 g/mol. The van der Waals surface area contributed by atoms with Crippen LogP contribution in [0.3, 0.4) is 0 Å². The Bertz CT molecular complexity index is 618. The van der Waals surface area contributed by atoms with Crippen LogP contribution in [0.1, 0.15) is 12.8 Å². The van der Waals surface area contributed by atoms with E-state index in [1.165, 1.54) is 0 Å². The van der Waals surface area contributed by atoms with Gasteiger partial charge in [-0.1, -0.05) is 0 Å². The lowest BCUT2D eigenvalue weighted by Crippen LogP contribution is -2.33. The Morgan fingerprint density at radius 1 is 1.40 bits per heavy atom. The number of hydrazine groups is 1. The largest absolute Gasteiger partial charge is 0.360 e. The maximum atomic E-state index is 12.0. The summed E-state index contributed by atoms with van der Waals surface area (Å²) in [4.78, 5) is 22.2. The van der Waals surface area contributed by atoms with Crippen molar-refractivity contribution in [2.24, 2.45) is 5.84 Å². The van der Waals surface area contributed by atoms with Crippen molar-refractivity contribution in [1.82, 2.24) is 25.1 Å². The summed E-state index contributed by atoms with van der Waals surface area (Å²) in [6.45, 7) is 1.86. The second-order valence-electron chi connectivity index (χ2n) is 4.61. The highest BCUT2D eigenvalue weighted by molar-refractivity contribution is 5.89. The number of amides is 1. The molecule has 3 rings (SSSR count). The summed E-state index contributed by atoms with van der Waals surface area (Å²) in [5.74, 6) is 6.18. The number of fused-ring (bicyclic) bond motifs is 1. The smallest absolute Gasteiger partial charge is 0.241 e. The van der Waals surface area contributed by atoms with Crippen LogP contribution in [0.5, 0.6) is 0 Å². The molecule has 1 fully saturated rings. The average Bonchev–Trinajstić information content (AvgIpc) is 3.14. The maximum Gasteiger partial charge on any atom is 0.241 e. The Hall–Kier alpha value is -2.42. The van der Waals surface area contributed by atoms with Crippen LogP contribution in [0, 0.1) is 0 Å². The normalized spacial score (nSPS) is 14.8. The van der Waals surface area contributed by atoms with Crippen LogP contribution in [-0.4, -0.2) is 50.6 Å². The van der Waals surface area contributed by atoms with Crippen molar-refractivity contribution in [3.8, 4) is 0 Å². The highest BCUT2D eigenvalue weighted by Gasteiger charge is 2.18. The molecule has 0 atom stereocenters. The monoisotopic (exact) mass is 276 g/mol. The third-order valence-electron chi connectivity index (χ3n) is 3.30. The predicted molar refractivity (Wildman–Crippen MR) is 73.8 cm³/mol. The van der Waals surface area contributed by atoms with E-state index in [4.69, 9.17) is 5.84 Å². The maximum absolute atomic E-state index is 12.0. The summed E-state index contributed by atoms with van der Waals surface area (Å²) in [5, 5.41) is 10.4. The van der Waals surface area contributed by atoms with Crippen molar-refractivity contribution in [3.05, 3.63) is 6.20 Å². The number of rotatable bonds is 4. The zero-order chi connectivity index (χ0) is 13.9. The van der Waals surface area contributed by atoms with Crippen LogP contribution >= 0.6 is 0 Å². The standard InChI is InChI=1S/C11H16N8O/c12-17-11-15-9(7-5-14-18-10(7)16-11)13-6-8(20)19-3-1-2-4-19/h5H,1-4,6,12H2,(H3,13,14,15,16,17,18). The summed E-state index contributed by atoms with van der Waals surface area (Å²) in [6, 6.07) is 0. The lowest BCUT2D eigenvalue weighted by Gasteiger charge is -2.16. The third kappa shape index (κ3) is 2.35. The number of carbonyl (C=O) groups is 1. The van der Waals surface area contributed by atoms with Gasteiger partial charge in [0.2, 0.25) is 11.9 Å². The fourth-order valence-electron chi connectivity index (χ4n) is 2.27. The Balaban J connectivity index is 1.76. The minimum atomic E-state index is 0.0695. The van der Waals surface area contributed by atoms with Crippen LogP contribution in [0.4, 0.5) is 11.8 Å². The van der Waals surface area contributed by atoms with Gasteiger partial charge in [0.25, 0.3) is 0 Å². The Morgan fingerprint density at radius 2 is 2.20 bits per heavy atom. The van der Waals surface area contributed by atoms with Gasteiger partial charge in [0.05, 0.1) is 18.1 Å². The van der Waals surface area contributed by atoms with Gasteiger partial charge in [-0.3, -0.25) is 15.3 Å². The van der Waals surface area contributed by atoms with Crippen LogP contribution in [0.2, 0.25) is 0 Å². The van der Waals surface area contributed by atoms with E-state index in [-0.39, 0.29) is 18.4 Å². The molecule has 9 nitrogen and oxygen atoms in total. The molecular formula is C11H16N8O. The number of nitrogens with one attached hydrogen (secondary N) is 3. The van der Waals surface area contributed by atoms with Crippen LogP contribution < -0.4 is 16.6 Å². The highest BCUT2D eigenvalue weighted by Crippen LogP contribution is 2.19. The number of nitrogens with two attached hydrogens (primary N) is 1. The molecule has 9 heteroatoms. The molecule has 0 spiro atoms. The molecule has 2 aromatic rings. The van der Waals surface area contributed by atoms with E-state index >= 15 is 0 Å². The summed E-state index contributed by atoms with van der Waals surface area (Å²) in [7, 11) is 0. The Labute approximate surface area is 114 Å². The molecule has 0 radical (unpaired) electrons. The number of hydrogen-bond acceptors (Lipinski definition) is 7. The molecule has 0 aromatic carbocycles. The van der Waals surface area contributed by atoms with Crippen molar-refractivity contribution in [2.45, 2.75) is 12.8 Å². The van der Waals surface area contributed by atoms with Crippen molar-refractivity contribution < 1.29 is 4.79 Å². The molecule has 0 saturated carbocycles. The zero-order valence-electron chi connectivity index (χ0n) is 10.9. The Morgan fingerprint density at radius 3 is 2.95 bits per heavy atom. The topological polar surface area (TPSA) is 125 Å². The van der Waals surface area contributed by atoms with E-state index < -0.39 is 0 Å². The van der Waals surface area contributed by atoms with Crippen LogP contribution in [0.25, 0.3) is 11.0 Å². The number of aromatic nitrogens is 4. The van der Waals surface area contributed by atoms with E-state index in [0.29, 0.717) is 11.5 Å². The van der Waals surface area contributed by atoms with Gasteiger partial charge in [-0.05, 0) is 12.8 Å². The summed E-state index contributed by atoms with van der Waals surface area (Å²) in [6.07, 6.45) is 3.76. The van der Waals surface area contributed by atoms with Gasteiger partial charge in [0.1, 0.15) is 5.82 Å². The average molecular weight is 276 g/mol. The Kier molecular flexibility index (Phi) is 3.33. The second kappa shape index (κ2) is 5.29. The molecule has 0 unspecified atom stereocenters. The van der Waals surface area contributed by atoms with Gasteiger partial charge in [-0.15, -0.1) is 0 Å². The molecule has 106 valence electrons. The quantitative estimate of drug-likeness (QED) is 0.445. The molecule has 1 aliphatic rings. The fraction of sp³-hybridized carbons (Fsp3) is 0.455. The predicted octanol–water partition coefficient (Wildman–Crippen LogP) is -0.327. The first kappa shape index (κ1) is 12.6. The van der Waals surface area contributed by atoms with E-state index in [1.807, 2.05) is 4.90 Å². The molecule has 20 heavy (non-hydrogen) atoms. The molecule has 5 N–H and O–H groups in total. The number of hydrogen-bond donors (Lipinski definition) is 4. The van der Waals surface area contributed by atoms with E-state index in [9.17, 15) is 4.79 Å². The molecule has 1 aliphatic heterocycles. The number of nitrogens with zero attached hydrogens (tertiary/aromatic N) is 4. The van der Waals surface area contributed by atoms with Crippen LogP contribution in [-0.2, 0) is 4.79 Å². The van der Waals surface area contributed by atoms with E-state index in [0.717, 1.165) is 31.3 Å². The van der Waals surface area contributed by atoms with Gasteiger partial charge < -0.3 is 10.2 Å². The molecule has 1 amide bonds. The summed E-state index contributed by atoms with van der Waals surface area (Å²) in [5.41, 5.74) is 2.95. The number of aromatic amines is 1. The van der Waals surface area contributed by atoms with Gasteiger partial charge in [-0.25, -0.2) is 5.84 Å². The summed E-state index contributed by atoms with van der Waals surface area (Å²) < 4.78 is 0. The molecule has 0 bridgehead atoms. The van der Waals surface area contributed by atoms with Crippen molar-refractivity contribution in [2.75, 3.05) is 30.4 Å². The zero-order valence-corrected chi connectivity index (χ0v) is 10.9. The van der Waals surface area contributed by atoms with Gasteiger partial charge in [-0.2, -0.15) is 15.1 Å². The van der Waals surface area contributed by atoms with Gasteiger partial charge >= 0.3 is 0 Å². The first-order valence-electron chi connectivity index (χ1n) is 6.47. The molecule has 0 aliphatic carbocycles. The first-order valence-corrected chi connectivity index (χ1v) is 6.47. The van der Waals surface area contributed by atoms with Crippen molar-refractivity contribution in [1.29, 1.82) is 0 Å². The lowest BCUT2D eigenvalue weighted by molar-refractivity contribution is -0.128. The molecule has 2 aromatic heterocycles. The van der Waals surface area contributed by atoms with Crippen molar-refractivity contribution in [3.63, 3.8) is 0 Å². The lowest BCUT2D eigenvalue weighted by atomic mass is 10.4. The minimum Gasteiger partial charge on any atom is -0.360 e.